The molecule has 0 saturated heterocycles. The second-order valence-electron chi connectivity index (χ2n) is 14.5. The van der Waals surface area contributed by atoms with Crippen LogP contribution < -0.4 is 5.11 Å². The third-order valence-electron chi connectivity index (χ3n) is 8.64. The number of carbonyl (C=O) groups is 3. The average molecular weight is 730 g/mol. The van der Waals surface area contributed by atoms with Crippen molar-refractivity contribution >= 4 is 17.9 Å². The molecule has 2 unspecified atom stereocenters. The summed E-state index contributed by atoms with van der Waals surface area (Å²) in [7, 11) is 5.38. The summed E-state index contributed by atoms with van der Waals surface area (Å²) in [5.74, 6) is -1.79. The number of nitrogens with zero attached hydrogens (tertiary/aromatic N) is 1. The number of allylic oxidation sites excluding steroid dienone is 10. The SMILES string of the molecule is CC/C=C\C/C=C\C/C=C\C/C=C\CCCCCCC(=O)OC(COCCC(C(=O)[O-])[N+](C)(C)C)COC(=O)CCCCCCC/C=C\CCCC. The van der Waals surface area contributed by atoms with Gasteiger partial charge < -0.3 is 28.6 Å². The van der Waals surface area contributed by atoms with Crippen molar-refractivity contribution in [1.29, 1.82) is 0 Å². The van der Waals surface area contributed by atoms with Gasteiger partial charge in [0.15, 0.2) is 6.10 Å². The Kier molecular flexibility index (Phi) is 33.1. The number of aliphatic carboxylic acids is 1. The van der Waals surface area contributed by atoms with Gasteiger partial charge in [-0.25, -0.2) is 0 Å². The van der Waals surface area contributed by atoms with E-state index in [9.17, 15) is 19.5 Å². The molecule has 0 saturated carbocycles. The Morgan fingerprint density at radius 3 is 1.62 bits per heavy atom. The van der Waals surface area contributed by atoms with E-state index in [1.807, 2.05) is 0 Å². The second-order valence-corrected chi connectivity index (χ2v) is 14.5. The van der Waals surface area contributed by atoms with Crippen molar-refractivity contribution in [2.24, 2.45) is 0 Å². The number of carboxylic acids is 1. The molecular weight excluding hydrogens is 654 g/mol. The summed E-state index contributed by atoms with van der Waals surface area (Å²) in [6.45, 7) is 4.45. The Hall–Kier alpha value is -2.97. The van der Waals surface area contributed by atoms with Gasteiger partial charge >= 0.3 is 11.9 Å². The van der Waals surface area contributed by atoms with Crippen LogP contribution in [0.5, 0.6) is 0 Å². The van der Waals surface area contributed by atoms with Crippen LogP contribution in [0.25, 0.3) is 0 Å². The van der Waals surface area contributed by atoms with Gasteiger partial charge in [-0.05, 0) is 70.6 Å². The van der Waals surface area contributed by atoms with Gasteiger partial charge in [0.1, 0.15) is 12.6 Å². The lowest BCUT2D eigenvalue weighted by atomic mass is 10.1. The van der Waals surface area contributed by atoms with E-state index in [0.717, 1.165) is 89.9 Å². The summed E-state index contributed by atoms with van der Waals surface area (Å²) in [6.07, 6.45) is 41.0. The molecule has 0 rings (SSSR count). The molecule has 0 radical (unpaired) electrons. The first kappa shape index (κ1) is 49.0. The Morgan fingerprint density at radius 2 is 1.08 bits per heavy atom. The number of carbonyl (C=O) groups excluding carboxylic acids is 3. The number of likely N-dealkylation sites (N-methyl/N-ethyl adjacent to an activating group) is 1. The lowest BCUT2D eigenvalue weighted by molar-refractivity contribution is -0.889. The van der Waals surface area contributed by atoms with E-state index >= 15 is 0 Å². The average Bonchev–Trinajstić information content (AvgIpc) is 3.09. The van der Waals surface area contributed by atoms with Gasteiger partial charge in [0.05, 0.1) is 40.3 Å². The minimum atomic E-state index is -1.13. The summed E-state index contributed by atoms with van der Waals surface area (Å²) in [5, 5.41) is 11.6. The monoisotopic (exact) mass is 730 g/mol. The predicted molar refractivity (Wildman–Crippen MR) is 212 cm³/mol. The molecule has 0 amide bonds. The molecule has 52 heavy (non-hydrogen) atoms. The van der Waals surface area contributed by atoms with Crippen molar-refractivity contribution in [2.45, 2.75) is 161 Å². The van der Waals surface area contributed by atoms with Crippen LogP contribution in [0.15, 0.2) is 60.8 Å². The van der Waals surface area contributed by atoms with Crippen LogP contribution in [0.1, 0.15) is 149 Å². The van der Waals surface area contributed by atoms with Crippen LogP contribution in [0.2, 0.25) is 0 Å². The third-order valence-corrected chi connectivity index (χ3v) is 8.64. The second kappa shape index (κ2) is 35.1. The summed E-state index contributed by atoms with van der Waals surface area (Å²) < 4.78 is 17.1. The smallest absolute Gasteiger partial charge is 0.306 e. The first-order chi connectivity index (χ1) is 25.1. The topological polar surface area (TPSA) is 102 Å². The maximum atomic E-state index is 12.7. The molecule has 0 aliphatic carbocycles. The zero-order chi connectivity index (χ0) is 38.5. The van der Waals surface area contributed by atoms with Crippen molar-refractivity contribution < 1.29 is 38.2 Å². The fourth-order valence-corrected chi connectivity index (χ4v) is 5.45. The Labute approximate surface area is 318 Å². The number of ether oxygens (including phenoxy) is 3. The highest BCUT2D eigenvalue weighted by Crippen LogP contribution is 2.12. The van der Waals surface area contributed by atoms with E-state index in [2.05, 4.69) is 74.6 Å². The summed E-state index contributed by atoms with van der Waals surface area (Å²) in [5.41, 5.74) is 0. The van der Waals surface area contributed by atoms with Crippen molar-refractivity contribution in [1.82, 2.24) is 0 Å². The molecule has 0 spiro atoms. The zero-order valence-corrected chi connectivity index (χ0v) is 33.7. The lowest BCUT2D eigenvalue weighted by Crippen LogP contribution is -2.55. The number of hydrogen-bond acceptors (Lipinski definition) is 7. The van der Waals surface area contributed by atoms with Crippen molar-refractivity contribution in [3.8, 4) is 0 Å². The largest absolute Gasteiger partial charge is 0.544 e. The van der Waals surface area contributed by atoms with Crippen molar-refractivity contribution in [3.05, 3.63) is 60.8 Å². The maximum Gasteiger partial charge on any atom is 0.306 e. The minimum Gasteiger partial charge on any atom is -0.544 e. The molecule has 8 heteroatoms. The van der Waals surface area contributed by atoms with Crippen LogP contribution in [-0.4, -0.2) is 75.5 Å². The Morgan fingerprint density at radius 1 is 0.596 bits per heavy atom. The summed E-state index contributed by atoms with van der Waals surface area (Å²) >= 11 is 0. The Bertz CT molecular complexity index is 1040. The first-order valence-electron chi connectivity index (χ1n) is 20.3. The molecule has 0 fully saturated rings. The van der Waals surface area contributed by atoms with Crippen LogP contribution in [0.4, 0.5) is 0 Å². The molecule has 0 aliphatic rings. The molecule has 0 aromatic heterocycles. The van der Waals surface area contributed by atoms with Gasteiger partial charge in [-0.3, -0.25) is 9.59 Å². The summed E-state index contributed by atoms with van der Waals surface area (Å²) in [6, 6.07) is -0.732. The minimum absolute atomic E-state index is 0.0255. The van der Waals surface area contributed by atoms with Gasteiger partial charge in [-0.1, -0.05) is 120 Å². The van der Waals surface area contributed by atoms with Gasteiger partial charge in [0.2, 0.25) is 0 Å². The highest BCUT2D eigenvalue weighted by molar-refractivity contribution is 5.70. The molecule has 0 aromatic rings. The summed E-state index contributed by atoms with van der Waals surface area (Å²) in [4.78, 5) is 36.7. The molecule has 0 aromatic carbocycles. The van der Waals surface area contributed by atoms with Crippen LogP contribution in [-0.2, 0) is 28.6 Å². The predicted octanol–water partition coefficient (Wildman–Crippen LogP) is 9.30. The fraction of sp³-hybridized carbons (Fsp3) is 0.705. The van der Waals surface area contributed by atoms with Gasteiger partial charge in [0.25, 0.3) is 0 Å². The molecule has 0 heterocycles. The van der Waals surface area contributed by atoms with Crippen LogP contribution in [0, 0.1) is 0 Å². The number of hydrogen-bond donors (Lipinski definition) is 0. The van der Waals surface area contributed by atoms with Crippen molar-refractivity contribution in [2.75, 3.05) is 41.0 Å². The number of esters is 2. The van der Waals surface area contributed by atoms with E-state index < -0.39 is 18.1 Å². The molecule has 0 bridgehead atoms. The molecule has 0 N–H and O–H groups in total. The number of quaternary nitrogens is 1. The van der Waals surface area contributed by atoms with E-state index in [1.165, 1.54) is 25.7 Å². The van der Waals surface area contributed by atoms with E-state index in [1.54, 1.807) is 21.1 Å². The van der Waals surface area contributed by atoms with E-state index in [0.29, 0.717) is 6.42 Å². The molecule has 298 valence electrons. The van der Waals surface area contributed by atoms with Crippen LogP contribution >= 0.6 is 0 Å². The number of unbranched alkanes of at least 4 members (excludes halogenated alkanes) is 11. The Balaban J connectivity index is 4.45. The molecular formula is C44H75NO7. The van der Waals surface area contributed by atoms with Crippen LogP contribution in [0.3, 0.4) is 0 Å². The highest BCUT2D eigenvalue weighted by Gasteiger charge is 2.25. The number of rotatable bonds is 35. The maximum absolute atomic E-state index is 12.7. The van der Waals surface area contributed by atoms with Gasteiger partial charge in [0, 0.05) is 19.3 Å². The molecule has 0 aliphatic heterocycles. The molecule has 2 atom stereocenters. The van der Waals surface area contributed by atoms with E-state index in [4.69, 9.17) is 14.2 Å². The normalized spacial score (nSPS) is 13.6. The van der Waals surface area contributed by atoms with Gasteiger partial charge in [-0.15, -0.1) is 0 Å². The fourth-order valence-electron chi connectivity index (χ4n) is 5.45. The highest BCUT2D eigenvalue weighted by atomic mass is 16.6. The molecule has 8 nitrogen and oxygen atoms in total. The quantitative estimate of drug-likeness (QED) is 0.0277. The number of carboxylic acid groups (broad SMARTS) is 1. The third kappa shape index (κ3) is 32.9. The first-order valence-corrected chi connectivity index (χ1v) is 20.3. The van der Waals surface area contributed by atoms with Gasteiger partial charge in [-0.2, -0.15) is 0 Å². The van der Waals surface area contributed by atoms with Crippen molar-refractivity contribution in [3.63, 3.8) is 0 Å². The lowest BCUT2D eigenvalue weighted by Gasteiger charge is -2.34. The van der Waals surface area contributed by atoms with E-state index in [-0.39, 0.29) is 49.1 Å². The standard InChI is InChI=1S/C44H75NO7/c1-6-8-10-12-14-16-18-19-20-21-22-23-25-27-29-31-33-35-43(47)52-40(38-50-37-36-41(44(48)49)45(3,4)5)39-51-42(46)34-32-30-28-26-24-17-15-13-11-9-7-2/h8,10,13-16,19-20,22-23,40-41H,6-7,9,11-12,17-18,21,24-39H2,1-5H3/b10-8-,15-13-,16-14-,20-19-,23-22-. The zero-order valence-electron chi connectivity index (χ0n) is 33.7.